The molecule has 4 heterocycles. The van der Waals surface area contributed by atoms with Gasteiger partial charge in [-0.1, -0.05) is 54.6 Å². The highest BCUT2D eigenvalue weighted by Gasteiger charge is 2.44. The molecule has 190 valence electrons. The molecule has 2 bridgehead atoms. The van der Waals surface area contributed by atoms with Gasteiger partial charge >= 0.3 is 0 Å². The standard InChI is InChI=1S/C34H32N2O2/c1-3-22-21-36-17-15-23(22)18-32(36)34(29-14-16-35-31-13-12-25(37-2)20-30(29)31)38-33-19-24-8-4-5-9-26(24)27-10-6-7-11-28(27)33/h3-14,16,19-20,22-23,32,34H,1,15,17-18,21H2,2H3/t22?,23?,32-,34+/m0/s1. The van der Waals surface area contributed by atoms with Gasteiger partial charge in [0.25, 0.3) is 0 Å². The highest BCUT2D eigenvalue weighted by Crippen LogP contribution is 2.45. The summed E-state index contributed by atoms with van der Waals surface area (Å²) >= 11 is 0. The Balaban J connectivity index is 1.41. The van der Waals surface area contributed by atoms with Crippen molar-refractivity contribution in [1.82, 2.24) is 9.88 Å². The molecule has 5 aromatic rings. The second kappa shape index (κ2) is 9.45. The molecule has 4 nitrogen and oxygen atoms in total. The Morgan fingerprint density at radius 1 is 0.947 bits per heavy atom. The lowest BCUT2D eigenvalue weighted by atomic mass is 9.73. The van der Waals surface area contributed by atoms with Gasteiger partial charge in [0.15, 0.2) is 0 Å². The minimum absolute atomic E-state index is 0.147. The average molecular weight is 501 g/mol. The topological polar surface area (TPSA) is 34.6 Å². The Hall–Kier alpha value is -3.89. The van der Waals surface area contributed by atoms with Gasteiger partial charge in [-0.25, -0.2) is 0 Å². The predicted octanol–water partition coefficient (Wildman–Crippen LogP) is 7.57. The Labute approximate surface area is 223 Å². The van der Waals surface area contributed by atoms with Crippen molar-refractivity contribution in [2.24, 2.45) is 11.8 Å². The second-order valence-corrected chi connectivity index (χ2v) is 10.7. The predicted molar refractivity (Wildman–Crippen MR) is 155 cm³/mol. The van der Waals surface area contributed by atoms with E-state index in [2.05, 4.69) is 89.3 Å². The first kappa shape index (κ1) is 23.2. The van der Waals surface area contributed by atoms with Gasteiger partial charge < -0.3 is 9.47 Å². The summed E-state index contributed by atoms with van der Waals surface area (Å²) in [5, 5.41) is 5.90. The van der Waals surface area contributed by atoms with Crippen molar-refractivity contribution in [2.75, 3.05) is 20.2 Å². The van der Waals surface area contributed by atoms with Crippen LogP contribution in [-0.4, -0.2) is 36.1 Å². The summed E-state index contributed by atoms with van der Waals surface area (Å²) < 4.78 is 12.8. The number of nitrogens with zero attached hydrogens (tertiary/aromatic N) is 2. The Morgan fingerprint density at radius 2 is 1.76 bits per heavy atom. The maximum absolute atomic E-state index is 7.23. The van der Waals surface area contributed by atoms with Crippen molar-refractivity contribution >= 4 is 32.4 Å². The summed E-state index contributed by atoms with van der Waals surface area (Å²) in [6, 6.07) is 27.9. The average Bonchev–Trinajstić information content (AvgIpc) is 2.99. The molecule has 3 aliphatic heterocycles. The molecule has 3 unspecified atom stereocenters. The summed E-state index contributed by atoms with van der Waals surface area (Å²) in [6.07, 6.45) is 6.25. The lowest BCUT2D eigenvalue weighted by Gasteiger charge is -2.51. The number of ether oxygens (including phenoxy) is 2. The number of aromatic nitrogens is 1. The monoisotopic (exact) mass is 500 g/mol. The minimum atomic E-state index is -0.147. The molecule has 3 aliphatic rings. The normalized spacial score (nSPS) is 23.5. The summed E-state index contributed by atoms with van der Waals surface area (Å²) in [5.74, 6) is 2.96. The van der Waals surface area contributed by atoms with Crippen molar-refractivity contribution in [1.29, 1.82) is 0 Å². The van der Waals surface area contributed by atoms with Gasteiger partial charge in [-0.3, -0.25) is 9.88 Å². The van der Waals surface area contributed by atoms with Crippen molar-refractivity contribution in [3.63, 3.8) is 0 Å². The fourth-order valence-electron chi connectivity index (χ4n) is 6.82. The Bertz CT molecular complexity index is 1660. The van der Waals surface area contributed by atoms with Gasteiger partial charge in [0.05, 0.1) is 18.7 Å². The van der Waals surface area contributed by atoms with E-state index in [1.807, 2.05) is 18.3 Å². The van der Waals surface area contributed by atoms with Crippen LogP contribution in [0.3, 0.4) is 0 Å². The van der Waals surface area contributed by atoms with E-state index in [9.17, 15) is 0 Å². The molecule has 0 aliphatic carbocycles. The van der Waals surface area contributed by atoms with Crippen LogP contribution in [0.15, 0.2) is 97.7 Å². The second-order valence-electron chi connectivity index (χ2n) is 10.7. The molecular formula is C34H32N2O2. The molecule has 4 heteroatoms. The van der Waals surface area contributed by atoms with E-state index in [0.29, 0.717) is 11.8 Å². The van der Waals surface area contributed by atoms with Crippen molar-refractivity contribution in [2.45, 2.75) is 25.0 Å². The van der Waals surface area contributed by atoms with Crippen molar-refractivity contribution in [3.05, 3.63) is 103 Å². The fourth-order valence-corrected chi connectivity index (χ4v) is 6.82. The lowest BCUT2D eigenvalue weighted by Crippen LogP contribution is -2.55. The van der Waals surface area contributed by atoms with Gasteiger partial charge in [0.2, 0.25) is 0 Å². The molecule has 1 aromatic heterocycles. The van der Waals surface area contributed by atoms with Gasteiger partial charge in [0, 0.05) is 29.1 Å². The third kappa shape index (κ3) is 3.83. The molecule has 3 fully saturated rings. The van der Waals surface area contributed by atoms with E-state index in [-0.39, 0.29) is 12.1 Å². The van der Waals surface area contributed by atoms with Gasteiger partial charge in [-0.05, 0) is 77.7 Å². The van der Waals surface area contributed by atoms with E-state index in [4.69, 9.17) is 9.47 Å². The number of hydrogen-bond acceptors (Lipinski definition) is 4. The number of fused-ring (bicyclic) bond motifs is 7. The van der Waals surface area contributed by atoms with Crippen LogP contribution in [0.25, 0.3) is 32.4 Å². The van der Waals surface area contributed by atoms with E-state index < -0.39 is 0 Å². The number of piperidine rings is 3. The first-order chi connectivity index (χ1) is 18.7. The van der Waals surface area contributed by atoms with Crippen LogP contribution in [-0.2, 0) is 0 Å². The molecule has 3 saturated heterocycles. The van der Waals surface area contributed by atoms with Crippen LogP contribution in [0.2, 0.25) is 0 Å². The fraction of sp³-hybridized carbons (Fsp3) is 0.265. The molecule has 8 rings (SSSR count). The van der Waals surface area contributed by atoms with E-state index >= 15 is 0 Å². The molecule has 0 saturated carbocycles. The van der Waals surface area contributed by atoms with E-state index in [1.165, 1.54) is 28.1 Å². The molecule has 5 atom stereocenters. The van der Waals surface area contributed by atoms with E-state index in [1.54, 1.807) is 7.11 Å². The number of pyridine rings is 1. The SMILES string of the molecule is C=CC1CN2CCC1C[C@H]2[C@H](Oc1cc2ccccc2c2ccccc12)c1ccnc2ccc(OC)cc12. The Morgan fingerprint density at radius 3 is 2.55 bits per heavy atom. The first-order valence-corrected chi connectivity index (χ1v) is 13.6. The number of methoxy groups -OCH3 is 1. The quantitative estimate of drug-likeness (QED) is 0.178. The Kier molecular flexibility index (Phi) is 5.78. The molecule has 0 radical (unpaired) electrons. The smallest absolute Gasteiger partial charge is 0.140 e. The zero-order valence-corrected chi connectivity index (χ0v) is 21.7. The zero-order valence-electron chi connectivity index (χ0n) is 21.7. The zero-order chi connectivity index (χ0) is 25.6. The van der Waals surface area contributed by atoms with E-state index in [0.717, 1.165) is 47.3 Å². The highest BCUT2D eigenvalue weighted by molar-refractivity contribution is 6.10. The summed E-state index contributed by atoms with van der Waals surface area (Å²) in [5.41, 5.74) is 2.12. The van der Waals surface area contributed by atoms with Crippen LogP contribution in [0.4, 0.5) is 0 Å². The molecule has 38 heavy (non-hydrogen) atoms. The van der Waals surface area contributed by atoms with Crippen LogP contribution in [0.5, 0.6) is 11.5 Å². The highest BCUT2D eigenvalue weighted by atomic mass is 16.5. The molecule has 0 spiro atoms. The van der Waals surface area contributed by atoms with Crippen LogP contribution >= 0.6 is 0 Å². The van der Waals surface area contributed by atoms with Gasteiger partial charge in [-0.2, -0.15) is 0 Å². The number of rotatable bonds is 6. The maximum Gasteiger partial charge on any atom is 0.140 e. The molecular weight excluding hydrogens is 468 g/mol. The first-order valence-electron chi connectivity index (χ1n) is 13.6. The molecule has 0 N–H and O–H groups in total. The van der Waals surface area contributed by atoms with Crippen molar-refractivity contribution < 1.29 is 9.47 Å². The van der Waals surface area contributed by atoms with Gasteiger partial charge in [-0.15, -0.1) is 6.58 Å². The molecule has 4 aromatic carbocycles. The minimum Gasteiger partial charge on any atom is -0.497 e. The number of benzene rings is 4. The summed E-state index contributed by atoms with van der Waals surface area (Å²) in [4.78, 5) is 7.31. The van der Waals surface area contributed by atoms with Crippen LogP contribution in [0, 0.1) is 11.8 Å². The third-order valence-corrected chi connectivity index (χ3v) is 8.78. The van der Waals surface area contributed by atoms with Gasteiger partial charge in [0.1, 0.15) is 17.6 Å². The third-order valence-electron chi connectivity index (χ3n) is 8.78. The summed E-state index contributed by atoms with van der Waals surface area (Å²) in [6.45, 7) is 6.29. The largest absolute Gasteiger partial charge is 0.497 e. The number of hydrogen-bond donors (Lipinski definition) is 0. The van der Waals surface area contributed by atoms with Crippen LogP contribution < -0.4 is 9.47 Å². The lowest BCUT2D eigenvalue weighted by molar-refractivity contribution is -0.0352. The molecule has 0 amide bonds. The van der Waals surface area contributed by atoms with Crippen molar-refractivity contribution in [3.8, 4) is 11.5 Å². The van der Waals surface area contributed by atoms with Crippen LogP contribution in [0.1, 0.15) is 24.5 Å². The summed E-state index contributed by atoms with van der Waals surface area (Å²) in [7, 11) is 1.72. The maximum atomic E-state index is 7.23.